The van der Waals surface area contributed by atoms with Crippen molar-refractivity contribution in [3.63, 3.8) is 0 Å². The number of imide groups is 1. The first-order valence-electron chi connectivity index (χ1n) is 7.94. The highest BCUT2D eigenvalue weighted by Gasteiger charge is 2.41. The Labute approximate surface area is 170 Å². The van der Waals surface area contributed by atoms with Crippen molar-refractivity contribution in [3.05, 3.63) is 63.0 Å². The van der Waals surface area contributed by atoms with E-state index in [9.17, 15) is 14.7 Å². The molecule has 27 heavy (non-hydrogen) atoms. The molecule has 1 N–H and O–H groups in total. The van der Waals surface area contributed by atoms with Gasteiger partial charge >= 0.3 is 0 Å². The number of carbonyl (C=O) groups is 2. The molecule has 1 heterocycles. The normalized spacial score (nSPS) is 14.3. The molecule has 0 radical (unpaired) electrons. The second-order valence-corrected chi connectivity index (χ2v) is 7.44. The molecular weight excluding hydrogens is 409 g/mol. The summed E-state index contributed by atoms with van der Waals surface area (Å²) >= 11 is 13.1. The fourth-order valence-corrected chi connectivity index (χ4v) is 3.88. The highest BCUT2D eigenvalue weighted by Crippen LogP contribution is 2.41. The maximum Gasteiger partial charge on any atom is 0.272 e. The Morgan fingerprint density at radius 2 is 1.81 bits per heavy atom. The van der Waals surface area contributed by atoms with Crippen LogP contribution in [0.2, 0.25) is 10.0 Å². The van der Waals surface area contributed by atoms with Gasteiger partial charge in [-0.05, 0) is 24.3 Å². The average Bonchev–Trinajstić information content (AvgIpc) is 2.92. The molecule has 0 saturated heterocycles. The van der Waals surface area contributed by atoms with Gasteiger partial charge in [-0.1, -0.05) is 41.4 Å². The van der Waals surface area contributed by atoms with Crippen LogP contribution in [0.3, 0.4) is 0 Å². The first-order chi connectivity index (χ1) is 13.0. The molecule has 0 unspecified atom stereocenters. The van der Waals surface area contributed by atoms with E-state index in [0.29, 0.717) is 22.0 Å². The standard InChI is InChI=1S/C19H15Cl2NO4S/c1-26-15-5-3-2-4-12(15)16-17(27-9-8-23)19(25)22(18(16)24)11-6-7-13(20)14(21)10-11/h2-7,10,23H,8-9H2,1H3. The van der Waals surface area contributed by atoms with Crippen molar-refractivity contribution in [1.82, 2.24) is 0 Å². The van der Waals surface area contributed by atoms with Gasteiger partial charge in [-0.3, -0.25) is 9.59 Å². The average molecular weight is 424 g/mol. The summed E-state index contributed by atoms with van der Waals surface area (Å²) in [5.41, 5.74) is 1.08. The van der Waals surface area contributed by atoms with E-state index in [-0.39, 0.29) is 27.9 Å². The molecule has 0 aliphatic carbocycles. The van der Waals surface area contributed by atoms with Crippen molar-refractivity contribution in [2.45, 2.75) is 0 Å². The Morgan fingerprint density at radius 3 is 2.48 bits per heavy atom. The molecule has 0 spiro atoms. The van der Waals surface area contributed by atoms with E-state index in [2.05, 4.69) is 0 Å². The number of hydrogen-bond acceptors (Lipinski definition) is 5. The number of anilines is 1. The summed E-state index contributed by atoms with van der Waals surface area (Å²) in [5.74, 6) is -0.199. The third-order valence-corrected chi connectivity index (χ3v) is 5.71. The first-order valence-corrected chi connectivity index (χ1v) is 9.69. The summed E-state index contributed by atoms with van der Waals surface area (Å²) in [6, 6.07) is 11.5. The van der Waals surface area contributed by atoms with Gasteiger partial charge in [0, 0.05) is 11.3 Å². The lowest BCUT2D eigenvalue weighted by Gasteiger charge is -2.16. The summed E-state index contributed by atoms with van der Waals surface area (Å²) in [6.45, 7) is -0.123. The summed E-state index contributed by atoms with van der Waals surface area (Å²) in [4.78, 5) is 27.5. The largest absolute Gasteiger partial charge is 0.496 e. The van der Waals surface area contributed by atoms with E-state index in [1.807, 2.05) is 0 Å². The van der Waals surface area contributed by atoms with Crippen molar-refractivity contribution in [2.75, 3.05) is 24.4 Å². The Hall–Kier alpha value is -1.99. The van der Waals surface area contributed by atoms with Crippen molar-refractivity contribution in [3.8, 4) is 5.75 Å². The molecule has 1 aliphatic heterocycles. The number of aliphatic hydroxyl groups is 1. The molecule has 3 rings (SSSR count). The minimum absolute atomic E-state index is 0.123. The van der Waals surface area contributed by atoms with Crippen molar-refractivity contribution < 1.29 is 19.4 Å². The molecule has 0 aromatic heterocycles. The van der Waals surface area contributed by atoms with E-state index in [0.717, 1.165) is 16.7 Å². The Balaban J connectivity index is 2.13. The van der Waals surface area contributed by atoms with Gasteiger partial charge in [0.25, 0.3) is 11.8 Å². The van der Waals surface area contributed by atoms with E-state index in [4.69, 9.17) is 27.9 Å². The summed E-state index contributed by atoms with van der Waals surface area (Å²) in [6.07, 6.45) is 0. The zero-order chi connectivity index (χ0) is 19.6. The SMILES string of the molecule is COc1ccccc1C1=C(SCCO)C(=O)N(c2ccc(Cl)c(Cl)c2)C1=O. The number of benzene rings is 2. The Morgan fingerprint density at radius 1 is 1.07 bits per heavy atom. The molecule has 5 nitrogen and oxygen atoms in total. The topological polar surface area (TPSA) is 66.8 Å². The minimum atomic E-state index is -0.483. The van der Waals surface area contributed by atoms with Crippen LogP contribution in [0.5, 0.6) is 5.75 Å². The van der Waals surface area contributed by atoms with Crippen LogP contribution in [0.4, 0.5) is 5.69 Å². The first kappa shape index (κ1) is 19.8. The Bertz CT molecular complexity index is 945. The van der Waals surface area contributed by atoms with Crippen LogP contribution >= 0.6 is 35.0 Å². The molecule has 1 aliphatic rings. The van der Waals surface area contributed by atoms with E-state index in [1.165, 1.54) is 19.2 Å². The molecule has 8 heteroatoms. The van der Waals surface area contributed by atoms with Crippen LogP contribution < -0.4 is 9.64 Å². The highest BCUT2D eigenvalue weighted by atomic mass is 35.5. The number of ether oxygens (including phenoxy) is 1. The molecule has 2 aromatic carbocycles. The molecule has 0 fully saturated rings. The van der Waals surface area contributed by atoms with Crippen LogP contribution in [0.1, 0.15) is 5.56 Å². The maximum atomic E-state index is 13.2. The number of amides is 2. The molecule has 140 valence electrons. The van der Waals surface area contributed by atoms with E-state index in [1.54, 1.807) is 30.3 Å². The number of hydrogen-bond donors (Lipinski definition) is 1. The predicted molar refractivity (Wildman–Crippen MR) is 108 cm³/mol. The molecule has 0 saturated carbocycles. The van der Waals surface area contributed by atoms with Crippen LogP contribution in [0.15, 0.2) is 47.4 Å². The monoisotopic (exact) mass is 423 g/mol. The number of methoxy groups -OCH3 is 1. The fourth-order valence-electron chi connectivity index (χ4n) is 2.74. The van der Waals surface area contributed by atoms with Gasteiger partial charge in [0.15, 0.2) is 0 Å². The fraction of sp³-hybridized carbons (Fsp3) is 0.158. The number of thioether (sulfide) groups is 1. The van der Waals surface area contributed by atoms with Crippen LogP contribution in [0.25, 0.3) is 5.57 Å². The second-order valence-electron chi connectivity index (χ2n) is 5.52. The van der Waals surface area contributed by atoms with Gasteiger partial charge in [0.1, 0.15) is 5.75 Å². The van der Waals surface area contributed by atoms with Crippen LogP contribution in [-0.2, 0) is 9.59 Å². The zero-order valence-electron chi connectivity index (χ0n) is 14.2. The van der Waals surface area contributed by atoms with Gasteiger partial charge in [-0.15, -0.1) is 11.8 Å². The molecule has 0 bridgehead atoms. The van der Waals surface area contributed by atoms with Gasteiger partial charge in [0.05, 0.1) is 39.9 Å². The van der Waals surface area contributed by atoms with Gasteiger partial charge in [0.2, 0.25) is 0 Å². The van der Waals surface area contributed by atoms with Crippen LogP contribution in [0, 0.1) is 0 Å². The summed E-state index contributed by atoms with van der Waals surface area (Å²) in [5, 5.41) is 9.74. The van der Waals surface area contributed by atoms with Gasteiger partial charge < -0.3 is 9.84 Å². The number of nitrogens with zero attached hydrogens (tertiary/aromatic N) is 1. The van der Waals surface area contributed by atoms with E-state index >= 15 is 0 Å². The molecular formula is C19H15Cl2NO4S. The lowest BCUT2D eigenvalue weighted by molar-refractivity contribution is -0.119. The quantitative estimate of drug-likeness (QED) is 0.710. The number of rotatable bonds is 6. The zero-order valence-corrected chi connectivity index (χ0v) is 16.6. The predicted octanol–water partition coefficient (Wildman–Crippen LogP) is 4.01. The van der Waals surface area contributed by atoms with Gasteiger partial charge in [-0.2, -0.15) is 0 Å². The number of aliphatic hydroxyl groups excluding tert-OH is 1. The van der Waals surface area contributed by atoms with E-state index < -0.39 is 11.8 Å². The molecule has 2 aromatic rings. The molecule has 0 atom stereocenters. The van der Waals surface area contributed by atoms with Crippen molar-refractivity contribution in [1.29, 1.82) is 0 Å². The smallest absolute Gasteiger partial charge is 0.272 e. The Kier molecular flexibility index (Phi) is 6.11. The van der Waals surface area contributed by atoms with Crippen molar-refractivity contribution >= 4 is 58.0 Å². The molecule has 2 amide bonds. The third kappa shape index (κ3) is 3.71. The third-order valence-electron chi connectivity index (χ3n) is 3.92. The van der Waals surface area contributed by atoms with Crippen LogP contribution in [-0.4, -0.2) is 36.4 Å². The second kappa shape index (κ2) is 8.35. The lowest BCUT2D eigenvalue weighted by Crippen LogP contribution is -2.31. The summed E-state index contributed by atoms with van der Waals surface area (Å²) < 4.78 is 5.36. The maximum absolute atomic E-state index is 13.2. The van der Waals surface area contributed by atoms with Gasteiger partial charge in [-0.25, -0.2) is 4.90 Å². The summed E-state index contributed by atoms with van der Waals surface area (Å²) in [7, 11) is 1.50. The number of carbonyl (C=O) groups excluding carboxylic acids is 2. The number of para-hydroxylation sites is 1. The highest BCUT2D eigenvalue weighted by molar-refractivity contribution is 8.04. The lowest BCUT2D eigenvalue weighted by atomic mass is 10.0. The van der Waals surface area contributed by atoms with Crippen molar-refractivity contribution in [2.24, 2.45) is 0 Å². The minimum Gasteiger partial charge on any atom is -0.496 e. The number of halogens is 2.